The van der Waals surface area contributed by atoms with Crippen LogP contribution in [0.25, 0.3) is 79.0 Å². The molecule has 0 aliphatic rings. The molecule has 0 saturated carbocycles. The zero-order valence-corrected chi connectivity index (χ0v) is 26.7. The molecule has 6 heterocycles. The summed E-state index contributed by atoms with van der Waals surface area (Å²) in [5, 5.41) is 0. The molecular weight excluding hydrogens is 596 g/mol. The van der Waals surface area contributed by atoms with Gasteiger partial charge >= 0.3 is 0 Å². The van der Waals surface area contributed by atoms with Crippen LogP contribution in [0, 0.1) is 27.7 Å². The lowest BCUT2D eigenvalue weighted by Crippen LogP contribution is -2.12. The second-order valence-corrected chi connectivity index (χ2v) is 12.3. The van der Waals surface area contributed by atoms with Crippen LogP contribution in [0.5, 0.6) is 0 Å². The summed E-state index contributed by atoms with van der Waals surface area (Å²) < 4.78 is 8.44. The van der Waals surface area contributed by atoms with Crippen molar-refractivity contribution >= 4 is 55.7 Å². The molecule has 10 nitrogen and oxygen atoms in total. The zero-order valence-electron chi connectivity index (χ0n) is 26.7. The van der Waals surface area contributed by atoms with Gasteiger partial charge in [0, 0.05) is 17.0 Å². The third kappa shape index (κ3) is 3.51. The molecule has 48 heavy (non-hydrogen) atoms. The SMILES string of the molecule is Cc1nc(C)c(C)c(-c2nc(-n3c4ccccc4n4c5ccccc5nc34)nc(-n3c4ccccc4n4c5ccccc5nc34)n2)c1C. The normalized spacial score (nSPS) is 12.2. The average molecular weight is 625 g/mol. The van der Waals surface area contributed by atoms with Gasteiger partial charge in [-0.05, 0) is 87.4 Å². The number of aromatic nitrogens is 10. The number of hydrogen-bond acceptors (Lipinski definition) is 6. The third-order valence-corrected chi connectivity index (χ3v) is 9.62. The molecule has 0 aliphatic heterocycles. The van der Waals surface area contributed by atoms with Gasteiger partial charge in [-0.1, -0.05) is 48.5 Å². The van der Waals surface area contributed by atoms with E-state index < -0.39 is 0 Å². The van der Waals surface area contributed by atoms with E-state index in [1.165, 1.54) is 0 Å². The van der Waals surface area contributed by atoms with E-state index in [0.29, 0.717) is 17.7 Å². The summed E-state index contributed by atoms with van der Waals surface area (Å²) in [6, 6.07) is 32.9. The van der Waals surface area contributed by atoms with Crippen LogP contribution in [0.15, 0.2) is 97.1 Å². The minimum atomic E-state index is 0.467. The Kier molecular flexibility index (Phi) is 5.33. The monoisotopic (exact) mass is 624 g/mol. The molecule has 0 N–H and O–H groups in total. The Morgan fingerprint density at radius 1 is 0.396 bits per heavy atom. The maximum absolute atomic E-state index is 5.27. The second kappa shape index (κ2) is 9.55. The van der Waals surface area contributed by atoms with Crippen LogP contribution in [0.3, 0.4) is 0 Å². The van der Waals surface area contributed by atoms with E-state index in [1.54, 1.807) is 0 Å². The number of aryl methyl sites for hydroxylation is 2. The first-order valence-corrected chi connectivity index (χ1v) is 15.9. The molecule has 0 amide bonds. The van der Waals surface area contributed by atoms with E-state index in [9.17, 15) is 0 Å². The largest absolute Gasteiger partial charge is 0.276 e. The summed E-state index contributed by atoms with van der Waals surface area (Å²) in [6.45, 7) is 8.24. The van der Waals surface area contributed by atoms with Crippen molar-refractivity contribution in [1.29, 1.82) is 0 Å². The minimum Gasteiger partial charge on any atom is -0.276 e. The molecule has 0 aliphatic carbocycles. The highest BCUT2D eigenvalue weighted by molar-refractivity contribution is 5.93. The Morgan fingerprint density at radius 2 is 0.792 bits per heavy atom. The molecule has 0 radical (unpaired) electrons. The number of imidazole rings is 4. The summed E-state index contributed by atoms with van der Waals surface area (Å²) in [6.07, 6.45) is 0. The van der Waals surface area contributed by atoms with Crippen LogP contribution in [0.2, 0.25) is 0 Å². The molecule has 10 aromatic rings. The minimum absolute atomic E-state index is 0.467. The zero-order chi connectivity index (χ0) is 32.3. The number of para-hydroxylation sites is 8. The van der Waals surface area contributed by atoms with Gasteiger partial charge < -0.3 is 0 Å². The highest BCUT2D eigenvalue weighted by Gasteiger charge is 2.25. The lowest BCUT2D eigenvalue weighted by atomic mass is 10.00. The van der Waals surface area contributed by atoms with Crippen LogP contribution >= 0.6 is 0 Å². The van der Waals surface area contributed by atoms with Gasteiger partial charge in [0.25, 0.3) is 0 Å². The molecular formula is C38H28N10. The molecule has 230 valence electrons. The Balaban J connectivity index is 1.38. The number of fused-ring (bicyclic) bond motifs is 10. The summed E-state index contributed by atoms with van der Waals surface area (Å²) >= 11 is 0. The smallest absolute Gasteiger partial charge is 0.242 e. The summed E-state index contributed by atoms with van der Waals surface area (Å²) in [5.74, 6) is 2.96. The number of hydrogen-bond donors (Lipinski definition) is 0. The fourth-order valence-corrected chi connectivity index (χ4v) is 7.16. The summed E-state index contributed by atoms with van der Waals surface area (Å²) in [4.78, 5) is 30.8. The Bertz CT molecular complexity index is 2760. The first kappa shape index (κ1) is 26.8. The van der Waals surface area contributed by atoms with Gasteiger partial charge in [0.1, 0.15) is 0 Å². The maximum Gasteiger partial charge on any atom is 0.242 e. The van der Waals surface area contributed by atoms with Crippen molar-refractivity contribution in [1.82, 2.24) is 47.8 Å². The van der Waals surface area contributed by atoms with Crippen LogP contribution in [-0.2, 0) is 0 Å². The van der Waals surface area contributed by atoms with Gasteiger partial charge in [-0.25, -0.2) is 19.1 Å². The van der Waals surface area contributed by atoms with Gasteiger partial charge in [-0.3, -0.25) is 13.8 Å². The second-order valence-electron chi connectivity index (χ2n) is 12.3. The predicted octanol–water partition coefficient (Wildman–Crippen LogP) is 7.66. The standard InChI is InChI=1S/C38H28N10/c1-21-23(3)39-24(4)22(2)33(21)34-42-35(47-31-19-11-9-17-29(31)45-27-15-7-5-13-25(27)40-37(45)47)44-36(43-34)48-32-20-12-10-18-30(32)46-28-16-8-6-14-26(28)41-38(46)48/h5-20H,1-4H3. The number of benzene rings is 4. The van der Waals surface area contributed by atoms with Crippen molar-refractivity contribution in [3.63, 3.8) is 0 Å². The van der Waals surface area contributed by atoms with Gasteiger partial charge in [0.15, 0.2) is 5.82 Å². The highest BCUT2D eigenvalue weighted by atomic mass is 15.3. The lowest BCUT2D eigenvalue weighted by molar-refractivity contribution is 0.874. The van der Waals surface area contributed by atoms with E-state index in [0.717, 1.165) is 83.8 Å². The van der Waals surface area contributed by atoms with Crippen LogP contribution in [0.1, 0.15) is 22.5 Å². The molecule has 0 fully saturated rings. The van der Waals surface area contributed by atoms with E-state index >= 15 is 0 Å². The van der Waals surface area contributed by atoms with Crippen LogP contribution in [0.4, 0.5) is 0 Å². The molecule has 4 aromatic carbocycles. The number of nitrogens with zero attached hydrogens (tertiary/aromatic N) is 10. The molecule has 0 bridgehead atoms. The molecule has 6 aromatic heterocycles. The molecule has 0 saturated heterocycles. The quantitative estimate of drug-likeness (QED) is 0.200. The Morgan fingerprint density at radius 3 is 1.25 bits per heavy atom. The van der Waals surface area contributed by atoms with Crippen molar-refractivity contribution in [2.24, 2.45) is 0 Å². The highest BCUT2D eigenvalue weighted by Crippen LogP contribution is 2.34. The van der Waals surface area contributed by atoms with E-state index in [1.807, 2.05) is 83.6 Å². The molecule has 10 heteroatoms. The van der Waals surface area contributed by atoms with Gasteiger partial charge in [-0.2, -0.15) is 15.0 Å². The van der Waals surface area contributed by atoms with Crippen molar-refractivity contribution in [2.45, 2.75) is 27.7 Å². The molecule has 10 rings (SSSR count). The van der Waals surface area contributed by atoms with Crippen molar-refractivity contribution in [3.8, 4) is 23.3 Å². The van der Waals surface area contributed by atoms with Crippen molar-refractivity contribution < 1.29 is 0 Å². The van der Waals surface area contributed by atoms with Gasteiger partial charge in [0.05, 0.1) is 44.1 Å². The topological polar surface area (TPSA) is 96.0 Å². The third-order valence-electron chi connectivity index (χ3n) is 9.62. The van der Waals surface area contributed by atoms with Crippen LogP contribution in [-0.4, -0.2) is 47.8 Å². The fourth-order valence-electron chi connectivity index (χ4n) is 7.16. The molecule has 0 unspecified atom stereocenters. The van der Waals surface area contributed by atoms with E-state index in [-0.39, 0.29) is 0 Å². The molecule has 0 atom stereocenters. The summed E-state index contributed by atoms with van der Waals surface area (Å²) in [7, 11) is 0. The van der Waals surface area contributed by atoms with E-state index in [4.69, 9.17) is 29.9 Å². The molecule has 0 spiro atoms. The Labute approximate surface area is 273 Å². The fraction of sp³-hybridized carbons (Fsp3) is 0.105. The van der Waals surface area contributed by atoms with Crippen LogP contribution < -0.4 is 0 Å². The predicted molar refractivity (Wildman–Crippen MR) is 188 cm³/mol. The number of rotatable bonds is 3. The van der Waals surface area contributed by atoms with Gasteiger partial charge in [0.2, 0.25) is 23.5 Å². The van der Waals surface area contributed by atoms with Crippen molar-refractivity contribution in [3.05, 3.63) is 120 Å². The lowest BCUT2D eigenvalue weighted by Gasteiger charge is -2.15. The first-order chi connectivity index (χ1) is 23.5. The Hall–Kier alpha value is -6.42. The number of pyridine rings is 1. The summed E-state index contributed by atoms with van der Waals surface area (Å²) in [5.41, 5.74) is 12.7. The first-order valence-electron chi connectivity index (χ1n) is 15.9. The maximum atomic E-state index is 5.27. The van der Waals surface area contributed by atoms with Crippen molar-refractivity contribution in [2.75, 3.05) is 0 Å². The average Bonchev–Trinajstić information content (AvgIpc) is 3.83. The van der Waals surface area contributed by atoms with E-state index in [2.05, 4.69) is 59.0 Å². The van der Waals surface area contributed by atoms with Gasteiger partial charge in [-0.15, -0.1) is 0 Å².